The van der Waals surface area contributed by atoms with E-state index in [2.05, 4.69) is 24.2 Å². The van der Waals surface area contributed by atoms with Gasteiger partial charge < -0.3 is 0 Å². The molecule has 0 aliphatic heterocycles. The predicted octanol–water partition coefficient (Wildman–Crippen LogP) is 3.56. The summed E-state index contributed by atoms with van der Waals surface area (Å²) in [5.74, 6) is 0.717. The largest absolute Gasteiger partial charge is 0.278 e. The normalized spacial score (nSPS) is 18.1. The van der Waals surface area contributed by atoms with Gasteiger partial charge in [0.05, 0.1) is 5.39 Å². The highest BCUT2D eigenvalue weighted by atomic mass is 32.1. The summed E-state index contributed by atoms with van der Waals surface area (Å²) in [6.07, 6.45) is 7.88. The van der Waals surface area contributed by atoms with Crippen LogP contribution in [-0.2, 0) is 19.4 Å². The first kappa shape index (κ1) is 14.7. The van der Waals surface area contributed by atoms with Crippen LogP contribution < -0.4 is 5.56 Å². The summed E-state index contributed by atoms with van der Waals surface area (Å²) in [6.45, 7) is 5.17. The van der Waals surface area contributed by atoms with Gasteiger partial charge in [-0.1, -0.05) is 38.3 Å². The van der Waals surface area contributed by atoms with Crippen molar-refractivity contribution in [1.29, 1.82) is 0 Å². The van der Waals surface area contributed by atoms with Gasteiger partial charge in [-0.15, -0.1) is 16.4 Å². The zero-order chi connectivity index (χ0) is 14.8. The highest BCUT2D eigenvalue weighted by molar-refractivity contribution is 7.18. The van der Waals surface area contributed by atoms with E-state index in [-0.39, 0.29) is 5.56 Å². The fourth-order valence-electron chi connectivity index (χ4n) is 3.13. The molecule has 5 heteroatoms. The molecule has 1 atom stereocenters. The highest BCUT2D eigenvalue weighted by Gasteiger charge is 2.23. The van der Waals surface area contributed by atoms with E-state index in [1.165, 1.54) is 29.7 Å². The van der Waals surface area contributed by atoms with Crippen molar-refractivity contribution < 1.29 is 0 Å². The Kier molecular flexibility index (Phi) is 4.38. The second-order valence-electron chi connectivity index (χ2n) is 6.21. The molecule has 0 unspecified atom stereocenters. The Morgan fingerprint density at radius 2 is 2.19 bits per heavy atom. The van der Waals surface area contributed by atoms with E-state index in [4.69, 9.17) is 0 Å². The number of thiophene rings is 1. The summed E-state index contributed by atoms with van der Waals surface area (Å²) in [7, 11) is 0. The molecular weight excluding hydrogens is 282 g/mol. The first-order valence-corrected chi connectivity index (χ1v) is 8.90. The first-order chi connectivity index (χ1) is 10.2. The Morgan fingerprint density at radius 1 is 1.33 bits per heavy atom. The van der Waals surface area contributed by atoms with Gasteiger partial charge in [0.2, 0.25) is 0 Å². The zero-order valence-electron chi connectivity index (χ0n) is 12.9. The van der Waals surface area contributed by atoms with Crippen LogP contribution in [0, 0.1) is 5.92 Å². The van der Waals surface area contributed by atoms with Crippen molar-refractivity contribution in [1.82, 2.24) is 15.0 Å². The van der Waals surface area contributed by atoms with Gasteiger partial charge in [-0.25, -0.2) is 4.68 Å². The Labute approximate surface area is 129 Å². The van der Waals surface area contributed by atoms with Crippen molar-refractivity contribution in [2.75, 3.05) is 0 Å². The fourth-order valence-corrected chi connectivity index (χ4v) is 4.44. The Morgan fingerprint density at radius 3 is 3.00 bits per heavy atom. The second-order valence-corrected chi connectivity index (χ2v) is 7.29. The average Bonchev–Trinajstić information content (AvgIpc) is 2.83. The maximum absolute atomic E-state index is 12.7. The van der Waals surface area contributed by atoms with Crippen LogP contribution in [0.25, 0.3) is 10.2 Å². The topological polar surface area (TPSA) is 47.8 Å². The molecule has 0 bridgehead atoms. The van der Waals surface area contributed by atoms with E-state index in [0.717, 1.165) is 41.8 Å². The van der Waals surface area contributed by atoms with Crippen LogP contribution in [0.15, 0.2) is 4.79 Å². The number of nitrogens with zero attached hydrogens (tertiary/aromatic N) is 3. The third-order valence-corrected chi connectivity index (χ3v) is 5.55. The van der Waals surface area contributed by atoms with Gasteiger partial charge in [0.1, 0.15) is 0 Å². The lowest BCUT2D eigenvalue weighted by Gasteiger charge is -2.17. The van der Waals surface area contributed by atoms with E-state index >= 15 is 0 Å². The molecule has 0 fully saturated rings. The maximum atomic E-state index is 12.7. The van der Waals surface area contributed by atoms with Crippen LogP contribution in [0.5, 0.6) is 0 Å². The van der Waals surface area contributed by atoms with Crippen molar-refractivity contribution in [3.63, 3.8) is 0 Å². The molecule has 1 aliphatic carbocycles. The van der Waals surface area contributed by atoms with Crippen LogP contribution in [0.3, 0.4) is 0 Å². The molecule has 2 heterocycles. The van der Waals surface area contributed by atoms with Crippen molar-refractivity contribution in [3.05, 3.63) is 20.8 Å². The monoisotopic (exact) mass is 305 g/mol. The van der Waals surface area contributed by atoms with Crippen molar-refractivity contribution in [2.45, 2.75) is 65.3 Å². The minimum Gasteiger partial charge on any atom is -0.267 e. The third-order valence-electron chi connectivity index (χ3n) is 4.41. The Hall–Kier alpha value is -1.23. The molecule has 0 saturated heterocycles. The number of hydrogen-bond donors (Lipinski definition) is 0. The zero-order valence-corrected chi connectivity index (χ0v) is 13.7. The summed E-state index contributed by atoms with van der Waals surface area (Å²) in [5, 5.41) is 9.29. The summed E-state index contributed by atoms with van der Waals surface area (Å²) < 4.78 is 1.57. The van der Waals surface area contributed by atoms with E-state index in [0.29, 0.717) is 6.54 Å². The molecule has 2 aromatic heterocycles. The summed E-state index contributed by atoms with van der Waals surface area (Å²) >= 11 is 1.67. The molecular formula is C16H23N3OS. The molecule has 2 aromatic rings. The van der Waals surface area contributed by atoms with Crippen LogP contribution in [0.2, 0.25) is 0 Å². The molecule has 4 nitrogen and oxygen atoms in total. The number of unbranched alkanes of at least 4 members (excludes halogenated alkanes) is 3. The van der Waals surface area contributed by atoms with Gasteiger partial charge in [0, 0.05) is 11.4 Å². The lowest BCUT2D eigenvalue weighted by atomic mass is 9.89. The Bertz CT molecular complexity index is 689. The number of rotatable bonds is 5. The third kappa shape index (κ3) is 2.89. The van der Waals surface area contributed by atoms with Crippen molar-refractivity contribution in [2.24, 2.45) is 5.92 Å². The quantitative estimate of drug-likeness (QED) is 0.794. The molecule has 0 radical (unpaired) electrons. The average molecular weight is 305 g/mol. The van der Waals surface area contributed by atoms with E-state index in [1.54, 1.807) is 16.0 Å². The van der Waals surface area contributed by atoms with Gasteiger partial charge >= 0.3 is 0 Å². The Balaban J connectivity index is 1.91. The number of hydrogen-bond acceptors (Lipinski definition) is 4. The van der Waals surface area contributed by atoms with Crippen LogP contribution >= 0.6 is 11.3 Å². The minimum atomic E-state index is 0.0727. The SMILES string of the molecule is CCCCCCn1nnc2sc3c(c2c1=O)CC[C@@H](C)C3. The van der Waals surface area contributed by atoms with Crippen LogP contribution in [0.4, 0.5) is 0 Å². The van der Waals surface area contributed by atoms with E-state index < -0.39 is 0 Å². The van der Waals surface area contributed by atoms with E-state index in [9.17, 15) is 4.79 Å². The molecule has 1 aliphatic rings. The summed E-state index contributed by atoms with van der Waals surface area (Å²) in [4.78, 5) is 14.9. The van der Waals surface area contributed by atoms with Crippen molar-refractivity contribution >= 4 is 21.6 Å². The highest BCUT2D eigenvalue weighted by Crippen LogP contribution is 2.35. The van der Waals surface area contributed by atoms with Gasteiger partial charge in [-0.3, -0.25) is 4.79 Å². The van der Waals surface area contributed by atoms with Crippen LogP contribution in [0.1, 0.15) is 56.4 Å². The number of fused-ring (bicyclic) bond motifs is 3. The summed E-state index contributed by atoms with van der Waals surface area (Å²) in [5.41, 5.74) is 1.33. The van der Waals surface area contributed by atoms with Crippen LogP contribution in [-0.4, -0.2) is 15.0 Å². The lowest BCUT2D eigenvalue weighted by Crippen LogP contribution is -2.25. The lowest BCUT2D eigenvalue weighted by molar-refractivity contribution is 0.499. The van der Waals surface area contributed by atoms with Crippen molar-refractivity contribution in [3.8, 4) is 0 Å². The molecule has 0 aromatic carbocycles. The second kappa shape index (κ2) is 6.26. The fraction of sp³-hybridized carbons (Fsp3) is 0.688. The molecule has 3 rings (SSSR count). The van der Waals surface area contributed by atoms with Gasteiger partial charge in [0.25, 0.3) is 5.56 Å². The van der Waals surface area contributed by atoms with Gasteiger partial charge in [0.15, 0.2) is 4.83 Å². The molecule has 114 valence electrons. The number of aryl methyl sites for hydroxylation is 2. The standard InChI is InChI=1S/C16H23N3OS/c1-3-4-5-6-9-19-16(20)14-12-8-7-11(2)10-13(12)21-15(14)17-18-19/h11H,3-10H2,1-2H3/t11-/m1/s1. The van der Waals surface area contributed by atoms with Gasteiger partial charge in [-0.05, 0) is 37.2 Å². The number of aromatic nitrogens is 3. The summed E-state index contributed by atoms with van der Waals surface area (Å²) in [6, 6.07) is 0. The maximum Gasteiger partial charge on any atom is 0.278 e. The predicted molar refractivity (Wildman–Crippen MR) is 87.0 cm³/mol. The minimum absolute atomic E-state index is 0.0727. The smallest absolute Gasteiger partial charge is 0.267 e. The molecule has 21 heavy (non-hydrogen) atoms. The molecule has 0 saturated carbocycles. The molecule has 0 N–H and O–H groups in total. The van der Waals surface area contributed by atoms with E-state index in [1.807, 2.05) is 0 Å². The molecule has 0 spiro atoms. The first-order valence-electron chi connectivity index (χ1n) is 8.08. The molecule has 0 amide bonds. The van der Waals surface area contributed by atoms with Gasteiger partial charge in [-0.2, -0.15) is 0 Å².